The van der Waals surface area contributed by atoms with Crippen molar-refractivity contribution >= 4 is 0 Å². The predicted molar refractivity (Wildman–Crippen MR) is 156 cm³/mol. The van der Waals surface area contributed by atoms with Crippen molar-refractivity contribution in [2.75, 3.05) is 20.8 Å². The number of allylic oxidation sites excluding steroid dienone is 5. The smallest absolute Gasteiger partial charge is 0.0978 e. The molecular weight excluding hydrogens is 442 g/mol. The van der Waals surface area contributed by atoms with E-state index in [1.165, 1.54) is 52.1 Å². The molecule has 0 unspecified atom stereocenters. The van der Waals surface area contributed by atoms with E-state index in [0.29, 0.717) is 6.10 Å². The van der Waals surface area contributed by atoms with Crippen molar-refractivity contribution in [3.63, 3.8) is 0 Å². The number of ether oxygens (including phenoxy) is 2. The third kappa shape index (κ3) is 65.4. The lowest BCUT2D eigenvalue weighted by Gasteiger charge is -2.07. The number of hydrogen-bond donors (Lipinski definition) is 3. The van der Waals surface area contributed by atoms with E-state index < -0.39 is 0 Å². The minimum atomic E-state index is 0. The van der Waals surface area contributed by atoms with Gasteiger partial charge in [0.1, 0.15) is 0 Å². The van der Waals surface area contributed by atoms with Crippen LogP contribution in [0.25, 0.3) is 0 Å². The second-order valence-electron chi connectivity index (χ2n) is 6.80. The van der Waals surface area contributed by atoms with Gasteiger partial charge in [-0.1, -0.05) is 85.1 Å². The first-order valence-electron chi connectivity index (χ1n) is 13.1. The molecule has 0 aromatic rings. The van der Waals surface area contributed by atoms with Gasteiger partial charge in [0.2, 0.25) is 0 Å². The first-order valence-corrected chi connectivity index (χ1v) is 13.1. The first-order chi connectivity index (χ1) is 16.5. The van der Waals surface area contributed by atoms with Gasteiger partial charge in [-0.15, -0.1) is 0 Å². The summed E-state index contributed by atoms with van der Waals surface area (Å²) in [4.78, 5) is 3.25. The van der Waals surface area contributed by atoms with E-state index in [9.17, 15) is 0 Å². The highest BCUT2D eigenvalue weighted by molar-refractivity contribution is 5.22. The van der Waals surface area contributed by atoms with Gasteiger partial charge in [0.25, 0.3) is 0 Å². The topological polar surface area (TPSA) is 103 Å². The number of methoxy groups -OCH3 is 1. The van der Waals surface area contributed by atoms with Crippen LogP contribution in [0.2, 0.25) is 0 Å². The summed E-state index contributed by atoms with van der Waals surface area (Å²) in [6.07, 6.45) is 21.2. The standard InChI is InChI=1S/C10H18O2.C9H14O.C3H6.3C2H6.CH4O2.H3N/c11-8-4-1-5-9-12-10-6-2-3-7-10;1-8(2)5-6-9(3)7-10-4;1-2-3-1;3*1-2;1-3-2;/h5,9-11H,1-4,6-8H2;5-7H,1H2,2-4H3;1-3H2;3*1-2H3;2H,1H3;1H3/b9-5+;6-5-,9-7-;;;;;;. The molecule has 2 saturated carbocycles. The first kappa shape index (κ1) is 46.7. The van der Waals surface area contributed by atoms with Crippen LogP contribution in [0.15, 0.2) is 48.5 Å². The third-order valence-corrected chi connectivity index (χ3v) is 3.49. The summed E-state index contributed by atoms with van der Waals surface area (Å²) < 4.78 is 10.3. The van der Waals surface area contributed by atoms with Crippen LogP contribution in [0.3, 0.4) is 0 Å². The Kier molecular flexibility index (Phi) is 66.1. The molecule has 0 aromatic carbocycles. The van der Waals surface area contributed by atoms with Gasteiger partial charge in [-0.3, -0.25) is 5.26 Å². The van der Waals surface area contributed by atoms with Gasteiger partial charge >= 0.3 is 0 Å². The summed E-state index contributed by atoms with van der Waals surface area (Å²) in [6, 6.07) is 0. The van der Waals surface area contributed by atoms with Crippen molar-refractivity contribution in [3.8, 4) is 0 Å². The van der Waals surface area contributed by atoms with E-state index in [1.807, 2.05) is 73.6 Å². The molecule has 35 heavy (non-hydrogen) atoms. The van der Waals surface area contributed by atoms with Crippen LogP contribution in [-0.4, -0.2) is 37.3 Å². The molecule has 0 heterocycles. The Hall–Kier alpha value is -1.60. The van der Waals surface area contributed by atoms with Crippen LogP contribution in [-0.2, 0) is 14.4 Å². The largest absolute Gasteiger partial charge is 0.504 e. The molecule has 214 valence electrons. The molecule has 0 bridgehead atoms. The van der Waals surface area contributed by atoms with Crippen LogP contribution < -0.4 is 6.15 Å². The van der Waals surface area contributed by atoms with Crippen LogP contribution in [0.4, 0.5) is 0 Å². The zero-order chi connectivity index (χ0) is 27.5. The second kappa shape index (κ2) is 49.5. The molecule has 2 rings (SSSR count). The van der Waals surface area contributed by atoms with Crippen molar-refractivity contribution in [2.45, 2.75) is 119 Å². The minimum absolute atomic E-state index is 0. The van der Waals surface area contributed by atoms with Crippen LogP contribution in [0.1, 0.15) is 113 Å². The highest BCUT2D eigenvalue weighted by Gasteiger charge is 2.13. The molecule has 0 radical (unpaired) electrons. The van der Waals surface area contributed by atoms with Gasteiger partial charge in [0.05, 0.1) is 32.8 Å². The molecule has 6 nitrogen and oxygen atoms in total. The molecule has 5 N–H and O–H groups in total. The SMILES string of the molecule is C1CC1.C=C(C)/C=C\C(C)=C/OC.CC.CC.CC.COO.N.OCCC/C=C/OC1CCCC1. The van der Waals surface area contributed by atoms with Crippen molar-refractivity contribution < 1.29 is 24.7 Å². The lowest BCUT2D eigenvalue weighted by molar-refractivity contribution is -0.214. The molecule has 6 heteroatoms. The van der Waals surface area contributed by atoms with E-state index in [-0.39, 0.29) is 12.8 Å². The van der Waals surface area contributed by atoms with E-state index >= 15 is 0 Å². The molecule has 0 amide bonds. The number of aliphatic hydroxyl groups is 1. The quantitative estimate of drug-likeness (QED) is 0.0997. The second-order valence-corrected chi connectivity index (χ2v) is 6.80. The fourth-order valence-corrected chi connectivity index (χ4v) is 1.97. The highest BCUT2D eigenvalue weighted by atomic mass is 17.1. The molecular formula is C29H63NO5. The Balaban J connectivity index is -0.0000000818. The third-order valence-electron chi connectivity index (χ3n) is 3.49. The highest BCUT2D eigenvalue weighted by Crippen LogP contribution is 2.20. The summed E-state index contributed by atoms with van der Waals surface area (Å²) in [7, 11) is 2.82. The normalized spacial score (nSPS) is 13.1. The lowest BCUT2D eigenvalue weighted by atomic mass is 10.2. The zero-order valence-electron chi connectivity index (χ0n) is 25.1. The summed E-state index contributed by atoms with van der Waals surface area (Å²) >= 11 is 0. The predicted octanol–water partition coefficient (Wildman–Crippen LogP) is 9.42. The number of hydrogen-bond acceptors (Lipinski definition) is 6. The number of unbranched alkanes of at least 4 members (excludes halogenated alkanes) is 1. The number of aliphatic hydroxyl groups excluding tert-OH is 1. The maximum Gasteiger partial charge on any atom is 0.0978 e. The van der Waals surface area contributed by atoms with Gasteiger partial charge in [-0.05, 0) is 64.0 Å². The lowest BCUT2D eigenvalue weighted by Crippen LogP contribution is -2.01. The van der Waals surface area contributed by atoms with E-state index in [4.69, 9.17) is 19.8 Å². The fraction of sp³-hybridized carbons (Fsp3) is 0.724. The van der Waals surface area contributed by atoms with Crippen molar-refractivity contribution in [1.82, 2.24) is 6.15 Å². The van der Waals surface area contributed by atoms with Crippen LogP contribution in [0, 0.1) is 0 Å². The summed E-state index contributed by atoms with van der Waals surface area (Å²) in [5.41, 5.74) is 2.13. The molecule has 0 aliphatic heterocycles. The molecule has 0 aromatic heterocycles. The Bertz CT molecular complexity index is 424. The molecule has 0 spiro atoms. The maximum atomic E-state index is 8.50. The Morgan fingerprint density at radius 1 is 0.886 bits per heavy atom. The summed E-state index contributed by atoms with van der Waals surface area (Å²) in [5.74, 6) is 0. The van der Waals surface area contributed by atoms with Gasteiger partial charge in [0.15, 0.2) is 0 Å². The summed E-state index contributed by atoms with van der Waals surface area (Å²) in [5, 5.41) is 15.6. The van der Waals surface area contributed by atoms with Crippen molar-refractivity contribution in [2.24, 2.45) is 0 Å². The van der Waals surface area contributed by atoms with E-state index in [0.717, 1.165) is 24.0 Å². The minimum Gasteiger partial charge on any atom is -0.504 e. The van der Waals surface area contributed by atoms with Gasteiger partial charge < -0.3 is 20.7 Å². The summed E-state index contributed by atoms with van der Waals surface area (Å²) in [6.45, 7) is 19.9. The average Bonchev–Trinajstić information content (AvgIpc) is 3.66. The van der Waals surface area contributed by atoms with Gasteiger partial charge in [-0.25, -0.2) is 4.89 Å². The number of rotatable bonds is 8. The molecule has 0 saturated heterocycles. The average molecular weight is 506 g/mol. The maximum absolute atomic E-state index is 8.50. The van der Waals surface area contributed by atoms with Crippen molar-refractivity contribution in [3.05, 3.63) is 48.5 Å². The molecule has 2 aliphatic rings. The van der Waals surface area contributed by atoms with Gasteiger partial charge in [-0.2, -0.15) is 0 Å². The van der Waals surface area contributed by atoms with Gasteiger partial charge in [0, 0.05) is 6.61 Å². The fourth-order valence-electron chi connectivity index (χ4n) is 1.97. The Labute approximate surface area is 219 Å². The van der Waals surface area contributed by atoms with E-state index in [2.05, 4.69) is 11.5 Å². The van der Waals surface area contributed by atoms with Crippen LogP contribution in [0.5, 0.6) is 0 Å². The zero-order valence-corrected chi connectivity index (χ0v) is 25.1. The molecule has 2 aliphatic carbocycles. The Morgan fingerprint density at radius 3 is 1.69 bits per heavy atom. The van der Waals surface area contributed by atoms with E-state index in [1.54, 1.807) is 19.6 Å². The van der Waals surface area contributed by atoms with Crippen LogP contribution >= 0.6 is 0 Å². The molecule has 0 atom stereocenters. The monoisotopic (exact) mass is 505 g/mol. The van der Waals surface area contributed by atoms with Crippen molar-refractivity contribution in [1.29, 1.82) is 0 Å². The Morgan fingerprint density at radius 2 is 1.34 bits per heavy atom. The molecule has 2 fully saturated rings.